The van der Waals surface area contributed by atoms with Crippen LogP contribution in [0.1, 0.15) is 20.8 Å². The second kappa shape index (κ2) is 4.85. The quantitative estimate of drug-likeness (QED) is 0.489. The van der Waals surface area contributed by atoms with Crippen LogP contribution in [-0.4, -0.2) is 35.9 Å². The molecule has 0 aliphatic rings. The lowest BCUT2D eigenvalue weighted by molar-refractivity contribution is -0.154. The molecule has 5 heteroatoms. The summed E-state index contributed by atoms with van der Waals surface area (Å²) in [7, 11) is 0. The van der Waals surface area contributed by atoms with Crippen LogP contribution in [0.4, 0.5) is 0 Å². The molecule has 0 aliphatic carbocycles. The van der Waals surface area contributed by atoms with Crippen molar-refractivity contribution >= 4 is 17.5 Å². The Hall–Kier alpha value is -1.23. The first-order valence-corrected chi connectivity index (χ1v) is 4.13. The van der Waals surface area contributed by atoms with E-state index in [1.807, 2.05) is 0 Å². The molecular weight excluding hydrogens is 188 g/mol. The summed E-state index contributed by atoms with van der Waals surface area (Å²) in [5.74, 6) is -1.60. The van der Waals surface area contributed by atoms with Crippen molar-refractivity contribution in [3.8, 4) is 0 Å². The first-order valence-electron chi connectivity index (χ1n) is 4.13. The molecule has 0 atom stereocenters. The van der Waals surface area contributed by atoms with Crippen LogP contribution in [0.15, 0.2) is 0 Å². The van der Waals surface area contributed by atoms with Gasteiger partial charge in [0, 0.05) is 6.92 Å². The standard InChI is InChI=1S/C9H14O5/c1-6(11)9(4-10,7(2)12)5-14-8(3)13/h10H,4-5H2,1-3H3. The summed E-state index contributed by atoms with van der Waals surface area (Å²) in [5.41, 5.74) is -1.59. The molecule has 0 bridgehead atoms. The molecule has 0 aromatic heterocycles. The number of hydrogen-bond donors (Lipinski definition) is 1. The van der Waals surface area contributed by atoms with E-state index in [4.69, 9.17) is 5.11 Å². The zero-order valence-corrected chi connectivity index (χ0v) is 8.49. The number of aliphatic hydroxyl groups is 1. The van der Waals surface area contributed by atoms with Crippen LogP contribution in [-0.2, 0) is 19.1 Å². The monoisotopic (exact) mass is 202 g/mol. The van der Waals surface area contributed by atoms with Gasteiger partial charge in [0.2, 0.25) is 0 Å². The molecule has 14 heavy (non-hydrogen) atoms. The second-order valence-electron chi connectivity index (χ2n) is 3.13. The first kappa shape index (κ1) is 12.8. The molecule has 5 nitrogen and oxygen atoms in total. The summed E-state index contributed by atoms with van der Waals surface area (Å²) in [6, 6.07) is 0. The Bertz CT molecular complexity index is 242. The molecular formula is C9H14O5. The fourth-order valence-corrected chi connectivity index (χ4v) is 0.944. The molecule has 1 N–H and O–H groups in total. The minimum Gasteiger partial charge on any atom is -0.464 e. The minimum atomic E-state index is -1.59. The van der Waals surface area contributed by atoms with E-state index in [-0.39, 0.29) is 0 Å². The van der Waals surface area contributed by atoms with Gasteiger partial charge in [-0.05, 0) is 13.8 Å². The van der Waals surface area contributed by atoms with Crippen LogP contribution in [0, 0.1) is 5.41 Å². The predicted octanol–water partition coefficient (Wildman–Crippen LogP) is -0.294. The van der Waals surface area contributed by atoms with E-state index in [2.05, 4.69) is 4.74 Å². The molecule has 0 saturated carbocycles. The number of ketones is 2. The van der Waals surface area contributed by atoms with Crippen molar-refractivity contribution in [2.45, 2.75) is 20.8 Å². The lowest BCUT2D eigenvalue weighted by Gasteiger charge is -2.24. The van der Waals surface area contributed by atoms with Gasteiger partial charge in [0.15, 0.2) is 0 Å². The second-order valence-corrected chi connectivity index (χ2v) is 3.13. The number of esters is 1. The van der Waals surface area contributed by atoms with Gasteiger partial charge in [-0.15, -0.1) is 0 Å². The summed E-state index contributed by atoms with van der Waals surface area (Å²) in [4.78, 5) is 32.9. The Labute approximate surface area is 82.1 Å². The number of carbonyl (C=O) groups excluding carboxylic acids is 3. The zero-order chi connectivity index (χ0) is 11.4. The molecule has 0 unspecified atom stereocenters. The summed E-state index contributed by atoms with van der Waals surface area (Å²) in [6.07, 6.45) is 0. The van der Waals surface area contributed by atoms with Gasteiger partial charge in [-0.2, -0.15) is 0 Å². The third-order valence-electron chi connectivity index (χ3n) is 2.14. The highest BCUT2D eigenvalue weighted by molar-refractivity contribution is 6.05. The molecule has 0 heterocycles. The van der Waals surface area contributed by atoms with Crippen LogP contribution >= 0.6 is 0 Å². The Morgan fingerprint density at radius 2 is 1.57 bits per heavy atom. The molecule has 0 aromatic rings. The minimum absolute atomic E-state index is 0.399. The smallest absolute Gasteiger partial charge is 0.302 e. The Morgan fingerprint density at radius 1 is 1.14 bits per heavy atom. The van der Waals surface area contributed by atoms with Gasteiger partial charge in [-0.1, -0.05) is 0 Å². The Kier molecular flexibility index (Phi) is 4.43. The van der Waals surface area contributed by atoms with Gasteiger partial charge >= 0.3 is 5.97 Å². The van der Waals surface area contributed by atoms with Crippen molar-refractivity contribution in [3.63, 3.8) is 0 Å². The van der Waals surface area contributed by atoms with Crippen LogP contribution < -0.4 is 0 Å². The summed E-state index contributed by atoms with van der Waals surface area (Å²) in [5, 5.41) is 9.00. The lowest BCUT2D eigenvalue weighted by Crippen LogP contribution is -2.44. The predicted molar refractivity (Wildman–Crippen MR) is 47.5 cm³/mol. The summed E-state index contributed by atoms with van der Waals surface area (Å²) in [6.45, 7) is 2.49. The molecule has 0 amide bonds. The van der Waals surface area contributed by atoms with Gasteiger partial charge in [0.1, 0.15) is 23.6 Å². The Morgan fingerprint density at radius 3 is 1.79 bits per heavy atom. The van der Waals surface area contributed by atoms with Crippen LogP contribution in [0.2, 0.25) is 0 Å². The van der Waals surface area contributed by atoms with E-state index in [1.54, 1.807) is 0 Å². The van der Waals surface area contributed by atoms with Crippen molar-refractivity contribution in [1.82, 2.24) is 0 Å². The van der Waals surface area contributed by atoms with E-state index < -0.39 is 36.2 Å². The van der Waals surface area contributed by atoms with Crippen molar-refractivity contribution in [3.05, 3.63) is 0 Å². The van der Waals surface area contributed by atoms with Gasteiger partial charge in [-0.25, -0.2) is 0 Å². The van der Waals surface area contributed by atoms with Gasteiger partial charge in [-0.3, -0.25) is 14.4 Å². The number of Topliss-reactive ketones (excluding diaryl/α,β-unsaturated/α-hetero) is 2. The maximum Gasteiger partial charge on any atom is 0.302 e. The average Bonchev–Trinajstić information content (AvgIpc) is 2.04. The normalized spacial score (nSPS) is 10.9. The van der Waals surface area contributed by atoms with Crippen LogP contribution in [0.5, 0.6) is 0 Å². The molecule has 0 fully saturated rings. The summed E-state index contributed by atoms with van der Waals surface area (Å²) >= 11 is 0. The topological polar surface area (TPSA) is 80.7 Å². The first-order chi connectivity index (χ1) is 6.36. The molecule has 0 radical (unpaired) electrons. The SMILES string of the molecule is CC(=O)OCC(CO)(C(C)=O)C(C)=O. The van der Waals surface area contributed by atoms with Gasteiger partial charge in [0.25, 0.3) is 0 Å². The molecule has 0 aliphatic heterocycles. The molecule has 0 saturated heterocycles. The van der Waals surface area contributed by atoms with Crippen LogP contribution in [0.25, 0.3) is 0 Å². The fourth-order valence-electron chi connectivity index (χ4n) is 0.944. The van der Waals surface area contributed by atoms with Crippen molar-refractivity contribution < 1.29 is 24.2 Å². The number of aliphatic hydroxyl groups excluding tert-OH is 1. The average molecular weight is 202 g/mol. The highest BCUT2D eigenvalue weighted by Gasteiger charge is 2.41. The largest absolute Gasteiger partial charge is 0.464 e. The van der Waals surface area contributed by atoms with Crippen molar-refractivity contribution in [1.29, 1.82) is 0 Å². The van der Waals surface area contributed by atoms with Gasteiger partial charge < -0.3 is 9.84 Å². The van der Waals surface area contributed by atoms with Crippen molar-refractivity contribution in [2.75, 3.05) is 13.2 Å². The number of ether oxygens (including phenoxy) is 1. The maximum atomic E-state index is 11.2. The van der Waals surface area contributed by atoms with Gasteiger partial charge in [0.05, 0.1) is 6.61 Å². The number of carbonyl (C=O) groups is 3. The number of rotatable bonds is 5. The zero-order valence-electron chi connectivity index (χ0n) is 8.49. The summed E-state index contributed by atoms with van der Waals surface area (Å²) < 4.78 is 4.58. The van der Waals surface area contributed by atoms with E-state index in [0.29, 0.717) is 0 Å². The fraction of sp³-hybridized carbons (Fsp3) is 0.667. The lowest BCUT2D eigenvalue weighted by atomic mass is 9.82. The maximum absolute atomic E-state index is 11.2. The van der Waals surface area contributed by atoms with Crippen molar-refractivity contribution in [2.24, 2.45) is 5.41 Å². The van der Waals surface area contributed by atoms with E-state index in [9.17, 15) is 14.4 Å². The molecule has 0 rings (SSSR count). The van der Waals surface area contributed by atoms with E-state index >= 15 is 0 Å². The third kappa shape index (κ3) is 2.63. The Balaban J connectivity index is 4.77. The molecule has 0 aromatic carbocycles. The van der Waals surface area contributed by atoms with E-state index in [1.165, 1.54) is 20.8 Å². The molecule has 0 spiro atoms. The third-order valence-corrected chi connectivity index (χ3v) is 2.14. The molecule has 80 valence electrons. The van der Waals surface area contributed by atoms with Crippen LogP contribution in [0.3, 0.4) is 0 Å². The van der Waals surface area contributed by atoms with E-state index in [0.717, 1.165) is 0 Å². The highest BCUT2D eigenvalue weighted by atomic mass is 16.5. The highest BCUT2D eigenvalue weighted by Crippen LogP contribution is 2.20. The number of hydrogen-bond acceptors (Lipinski definition) is 5.